The number of nitrogens with one attached hydrogen (secondary N) is 2. The molecule has 1 aliphatic heterocycles. The van der Waals surface area contributed by atoms with Crippen molar-refractivity contribution >= 4 is 5.91 Å². The molecule has 1 unspecified atom stereocenters. The summed E-state index contributed by atoms with van der Waals surface area (Å²) >= 11 is 0. The second-order valence-corrected chi connectivity index (χ2v) is 5.85. The Kier molecular flexibility index (Phi) is 3.85. The summed E-state index contributed by atoms with van der Waals surface area (Å²) in [6.07, 6.45) is 4.31. The summed E-state index contributed by atoms with van der Waals surface area (Å²) in [5.74, 6) is 2.38. The van der Waals surface area contributed by atoms with E-state index in [-0.39, 0.29) is 5.91 Å². The highest BCUT2D eigenvalue weighted by Gasteiger charge is 2.34. The van der Waals surface area contributed by atoms with Crippen molar-refractivity contribution in [3.8, 4) is 0 Å². The zero-order valence-electron chi connectivity index (χ0n) is 10.5. The molecule has 1 amide bonds. The van der Waals surface area contributed by atoms with Gasteiger partial charge in [-0.15, -0.1) is 0 Å². The summed E-state index contributed by atoms with van der Waals surface area (Å²) in [6.45, 7) is 6.54. The molecule has 1 saturated heterocycles. The smallest absolute Gasteiger partial charge is 0.220 e. The molecule has 0 bridgehead atoms. The lowest BCUT2D eigenvalue weighted by Gasteiger charge is -2.31. The highest BCUT2D eigenvalue weighted by molar-refractivity contribution is 5.76. The van der Waals surface area contributed by atoms with E-state index in [0.717, 1.165) is 18.4 Å². The zero-order valence-corrected chi connectivity index (χ0v) is 10.5. The summed E-state index contributed by atoms with van der Waals surface area (Å²) in [5.41, 5.74) is 0. The van der Waals surface area contributed by atoms with Crippen LogP contribution >= 0.6 is 0 Å². The molecule has 3 heteroatoms. The van der Waals surface area contributed by atoms with E-state index in [2.05, 4.69) is 24.5 Å². The number of fused-ring (bicyclic) bond motifs is 1. The Balaban J connectivity index is 1.76. The van der Waals surface area contributed by atoms with E-state index < -0.39 is 0 Å². The number of amides is 1. The first-order valence-electron chi connectivity index (χ1n) is 6.65. The van der Waals surface area contributed by atoms with Gasteiger partial charge >= 0.3 is 0 Å². The highest BCUT2D eigenvalue weighted by atomic mass is 16.1. The van der Waals surface area contributed by atoms with Gasteiger partial charge in [0.15, 0.2) is 0 Å². The Labute approximate surface area is 98.4 Å². The standard InChI is InChI=1S/C13H24N2O/c1-9(2)5-13(16)15-12-4-3-10-7-14-8-11(10)6-12/h9-12,14H,3-8H2,1-2H3,(H,15,16)/t10-,11+,12?/m0/s1. The Hall–Kier alpha value is -0.570. The number of hydrogen-bond donors (Lipinski definition) is 2. The van der Waals surface area contributed by atoms with Crippen LogP contribution in [0.2, 0.25) is 0 Å². The van der Waals surface area contributed by atoms with E-state index in [9.17, 15) is 4.79 Å². The molecule has 2 aliphatic rings. The predicted molar refractivity (Wildman–Crippen MR) is 65.1 cm³/mol. The monoisotopic (exact) mass is 224 g/mol. The normalized spacial score (nSPS) is 33.8. The van der Waals surface area contributed by atoms with Crippen molar-refractivity contribution in [1.82, 2.24) is 10.6 Å². The third kappa shape index (κ3) is 2.97. The minimum absolute atomic E-state index is 0.240. The molecule has 0 aromatic rings. The highest BCUT2D eigenvalue weighted by Crippen LogP contribution is 2.32. The average Bonchev–Trinajstić information content (AvgIpc) is 2.63. The molecule has 2 rings (SSSR count). The molecule has 0 aromatic heterocycles. The van der Waals surface area contributed by atoms with Gasteiger partial charge in [0.1, 0.15) is 0 Å². The third-order valence-electron chi connectivity index (χ3n) is 3.91. The van der Waals surface area contributed by atoms with Gasteiger partial charge in [-0.25, -0.2) is 0 Å². The molecule has 92 valence electrons. The van der Waals surface area contributed by atoms with Gasteiger partial charge in [-0.3, -0.25) is 4.79 Å². The number of carbonyl (C=O) groups is 1. The first-order valence-corrected chi connectivity index (χ1v) is 6.65. The molecule has 0 spiro atoms. The molecule has 1 saturated carbocycles. The van der Waals surface area contributed by atoms with Crippen LogP contribution in [0, 0.1) is 17.8 Å². The van der Waals surface area contributed by atoms with Crippen molar-refractivity contribution in [2.45, 2.75) is 45.6 Å². The lowest BCUT2D eigenvalue weighted by atomic mass is 9.79. The largest absolute Gasteiger partial charge is 0.353 e. The van der Waals surface area contributed by atoms with E-state index >= 15 is 0 Å². The molecule has 3 nitrogen and oxygen atoms in total. The number of hydrogen-bond acceptors (Lipinski definition) is 2. The van der Waals surface area contributed by atoms with Crippen LogP contribution in [0.1, 0.15) is 39.5 Å². The van der Waals surface area contributed by atoms with E-state index in [1.807, 2.05) is 0 Å². The fourth-order valence-electron chi connectivity index (χ4n) is 3.09. The molecule has 16 heavy (non-hydrogen) atoms. The minimum Gasteiger partial charge on any atom is -0.353 e. The van der Waals surface area contributed by atoms with Crippen molar-refractivity contribution in [2.24, 2.45) is 17.8 Å². The fraction of sp³-hybridized carbons (Fsp3) is 0.923. The lowest BCUT2D eigenvalue weighted by Crippen LogP contribution is -2.40. The fourth-order valence-corrected chi connectivity index (χ4v) is 3.09. The topological polar surface area (TPSA) is 41.1 Å². The van der Waals surface area contributed by atoms with Gasteiger partial charge in [0.2, 0.25) is 5.91 Å². The zero-order chi connectivity index (χ0) is 11.5. The van der Waals surface area contributed by atoms with E-state index in [1.165, 1.54) is 25.8 Å². The van der Waals surface area contributed by atoms with Gasteiger partial charge in [-0.05, 0) is 50.1 Å². The van der Waals surface area contributed by atoms with Crippen LogP contribution in [0.25, 0.3) is 0 Å². The van der Waals surface area contributed by atoms with Crippen LogP contribution in [0.4, 0.5) is 0 Å². The van der Waals surface area contributed by atoms with Crippen molar-refractivity contribution < 1.29 is 4.79 Å². The molecule has 1 heterocycles. The molecule has 0 radical (unpaired) electrons. The second kappa shape index (κ2) is 5.17. The van der Waals surface area contributed by atoms with E-state index in [0.29, 0.717) is 18.4 Å². The molecular weight excluding hydrogens is 200 g/mol. The SMILES string of the molecule is CC(C)CC(=O)NC1CC[C@H]2CNC[C@H]2C1. The summed E-state index contributed by atoms with van der Waals surface area (Å²) in [6, 6.07) is 0.437. The number of carbonyl (C=O) groups excluding carboxylic acids is 1. The van der Waals surface area contributed by atoms with Crippen molar-refractivity contribution in [1.29, 1.82) is 0 Å². The van der Waals surface area contributed by atoms with Crippen molar-refractivity contribution in [3.05, 3.63) is 0 Å². The second-order valence-electron chi connectivity index (χ2n) is 5.85. The first kappa shape index (κ1) is 11.9. The minimum atomic E-state index is 0.240. The Morgan fingerprint density at radius 3 is 2.81 bits per heavy atom. The van der Waals surface area contributed by atoms with Crippen LogP contribution in [-0.2, 0) is 4.79 Å². The molecular formula is C13H24N2O. The van der Waals surface area contributed by atoms with Gasteiger partial charge < -0.3 is 10.6 Å². The first-order chi connectivity index (χ1) is 7.65. The lowest BCUT2D eigenvalue weighted by molar-refractivity contribution is -0.122. The Morgan fingerprint density at radius 2 is 2.06 bits per heavy atom. The summed E-state index contributed by atoms with van der Waals surface area (Å²) in [5, 5.41) is 6.65. The maximum absolute atomic E-state index is 11.7. The van der Waals surface area contributed by atoms with Crippen molar-refractivity contribution in [3.63, 3.8) is 0 Å². The number of rotatable bonds is 3. The molecule has 3 atom stereocenters. The average molecular weight is 224 g/mol. The van der Waals surface area contributed by atoms with Crippen LogP contribution < -0.4 is 10.6 Å². The van der Waals surface area contributed by atoms with Gasteiger partial charge in [-0.1, -0.05) is 13.8 Å². The molecule has 2 N–H and O–H groups in total. The molecule has 0 aromatic carbocycles. The maximum Gasteiger partial charge on any atom is 0.220 e. The summed E-state index contributed by atoms with van der Waals surface area (Å²) in [4.78, 5) is 11.7. The predicted octanol–water partition coefficient (Wildman–Crippen LogP) is 1.54. The maximum atomic E-state index is 11.7. The van der Waals surface area contributed by atoms with Gasteiger partial charge in [0.05, 0.1) is 0 Å². The van der Waals surface area contributed by atoms with Crippen LogP contribution in [0.3, 0.4) is 0 Å². The van der Waals surface area contributed by atoms with Gasteiger partial charge in [0.25, 0.3) is 0 Å². The van der Waals surface area contributed by atoms with Crippen molar-refractivity contribution in [2.75, 3.05) is 13.1 Å². The summed E-state index contributed by atoms with van der Waals surface area (Å²) < 4.78 is 0. The van der Waals surface area contributed by atoms with E-state index in [4.69, 9.17) is 0 Å². The quantitative estimate of drug-likeness (QED) is 0.763. The molecule has 2 fully saturated rings. The van der Waals surface area contributed by atoms with Crippen LogP contribution in [-0.4, -0.2) is 25.0 Å². The van der Waals surface area contributed by atoms with Crippen LogP contribution in [0.5, 0.6) is 0 Å². The van der Waals surface area contributed by atoms with E-state index in [1.54, 1.807) is 0 Å². The Bertz CT molecular complexity index is 252. The van der Waals surface area contributed by atoms with Crippen LogP contribution in [0.15, 0.2) is 0 Å². The molecule has 1 aliphatic carbocycles. The third-order valence-corrected chi connectivity index (χ3v) is 3.91. The Morgan fingerprint density at radius 1 is 1.31 bits per heavy atom. The summed E-state index contributed by atoms with van der Waals surface area (Å²) in [7, 11) is 0. The van der Waals surface area contributed by atoms with Gasteiger partial charge in [-0.2, -0.15) is 0 Å². The van der Waals surface area contributed by atoms with Gasteiger partial charge in [0, 0.05) is 12.5 Å².